The molecule has 6 N–H and O–H groups in total. The van der Waals surface area contributed by atoms with Crippen molar-refractivity contribution in [2.24, 2.45) is 22.7 Å². The molecular formula is C50H64N6O6. The van der Waals surface area contributed by atoms with E-state index in [0.717, 1.165) is 57.4 Å². The quantitative estimate of drug-likeness (QED) is 0.0676. The van der Waals surface area contributed by atoms with E-state index in [2.05, 4.69) is 58.9 Å². The van der Waals surface area contributed by atoms with Crippen LogP contribution in [0, 0.1) is 22.7 Å². The third-order valence-corrected chi connectivity index (χ3v) is 11.8. The molecule has 0 saturated carbocycles. The summed E-state index contributed by atoms with van der Waals surface area (Å²) in [5.41, 5.74) is 5.99. The van der Waals surface area contributed by atoms with Crippen LogP contribution in [-0.2, 0) is 31.9 Å². The van der Waals surface area contributed by atoms with Gasteiger partial charge in [0.2, 0.25) is 11.8 Å². The highest BCUT2D eigenvalue weighted by molar-refractivity contribution is 6.04. The summed E-state index contributed by atoms with van der Waals surface area (Å²) < 4.78 is 12.8. The molecule has 2 heterocycles. The summed E-state index contributed by atoms with van der Waals surface area (Å²) in [4.78, 5) is 61.5. The first-order valence-corrected chi connectivity index (χ1v) is 22.1. The van der Waals surface area contributed by atoms with Crippen LogP contribution in [0.1, 0.15) is 138 Å². The number of amides is 2. The van der Waals surface area contributed by atoms with E-state index in [1.165, 1.54) is 0 Å². The number of benzene rings is 3. The van der Waals surface area contributed by atoms with Crippen molar-refractivity contribution >= 4 is 56.9 Å². The van der Waals surface area contributed by atoms with Crippen LogP contribution >= 0.6 is 0 Å². The summed E-state index contributed by atoms with van der Waals surface area (Å²) in [5, 5.41) is 15.4. The highest BCUT2D eigenvalue weighted by atomic mass is 16.6. The smallest absolute Gasteiger partial charge is 0.339 e. The topological polar surface area (TPSA) is 166 Å². The van der Waals surface area contributed by atoms with Crippen molar-refractivity contribution in [3.63, 3.8) is 0 Å². The zero-order valence-electron chi connectivity index (χ0n) is 37.9. The van der Waals surface area contributed by atoms with Crippen LogP contribution < -0.4 is 21.3 Å². The first-order valence-electron chi connectivity index (χ1n) is 22.1. The number of aromatic amines is 2. The molecule has 2 aliphatic carbocycles. The van der Waals surface area contributed by atoms with Gasteiger partial charge in [-0.15, -0.1) is 0 Å². The lowest BCUT2D eigenvalue weighted by Gasteiger charge is -2.31. The number of hydrogen-bond acceptors (Lipinski definition) is 8. The first-order chi connectivity index (χ1) is 29.2. The Hall–Kier alpha value is -5.46. The minimum atomic E-state index is -0.627. The SMILES string of the molecule is CC(C)CNC1Cc2c([nH]c3ccc(NC(=O)C(C)(C)C)cc23)C(OC(=O)c2ccccc2C(=O)OC2CC(NCC(C)C)Cc3c2[nH]c2ccc(NC(=O)C(C)(C)C)cc32)C1. The molecule has 330 valence electrons. The van der Waals surface area contributed by atoms with Gasteiger partial charge in [-0.3, -0.25) is 9.59 Å². The molecule has 62 heavy (non-hydrogen) atoms. The number of carbonyl (C=O) groups is 4. The summed E-state index contributed by atoms with van der Waals surface area (Å²) in [5.74, 6) is -0.556. The van der Waals surface area contributed by atoms with Crippen molar-refractivity contribution in [1.29, 1.82) is 0 Å². The van der Waals surface area contributed by atoms with E-state index in [9.17, 15) is 19.2 Å². The molecule has 2 aliphatic rings. The van der Waals surface area contributed by atoms with E-state index in [-0.39, 0.29) is 35.0 Å². The molecule has 5 aromatic rings. The molecule has 0 fully saturated rings. The lowest BCUT2D eigenvalue weighted by atomic mass is 9.88. The normalized spacial score (nSPS) is 19.0. The Bertz CT molecular complexity index is 2310. The Morgan fingerprint density at radius 2 is 1.00 bits per heavy atom. The lowest BCUT2D eigenvalue weighted by Crippen LogP contribution is -2.39. The minimum absolute atomic E-state index is 0.0228. The molecule has 2 amide bonds. The Balaban J connectivity index is 1.16. The van der Waals surface area contributed by atoms with Gasteiger partial charge >= 0.3 is 11.9 Å². The molecule has 4 unspecified atom stereocenters. The molecule has 2 aromatic heterocycles. The average molecular weight is 845 g/mol. The molecule has 0 saturated heterocycles. The van der Waals surface area contributed by atoms with E-state index in [4.69, 9.17) is 9.47 Å². The summed E-state index contributed by atoms with van der Waals surface area (Å²) in [6.07, 6.45) is 1.25. The Labute approximate surface area is 365 Å². The molecule has 0 aliphatic heterocycles. The largest absolute Gasteiger partial charge is 0.452 e. The zero-order valence-corrected chi connectivity index (χ0v) is 37.9. The van der Waals surface area contributed by atoms with E-state index in [1.807, 2.05) is 77.9 Å². The number of hydrogen-bond donors (Lipinski definition) is 6. The molecule has 0 radical (unpaired) electrons. The van der Waals surface area contributed by atoms with Crippen molar-refractivity contribution in [2.45, 2.75) is 119 Å². The van der Waals surface area contributed by atoms with Crippen molar-refractivity contribution in [3.8, 4) is 0 Å². The number of ether oxygens (including phenoxy) is 2. The second kappa shape index (κ2) is 17.7. The van der Waals surface area contributed by atoms with Crippen LogP contribution in [0.15, 0.2) is 60.7 Å². The number of aromatic nitrogens is 2. The summed E-state index contributed by atoms with van der Waals surface area (Å²) in [6, 6.07) is 18.3. The number of H-pyrrole nitrogens is 2. The second-order valence-electron chi connectivity index (χ2n) is 20.2. The molecule has 4 atom stereocenters. The highest BCUT2D eigenvalue weighted by Gasteiger charge is 2.36. The number of rotatable bonds is 12. The van der Waals surface area contributed by atoms with Gasteiger partial charge in [-0.25, -0.2) is 9.59 Å². The van der Waals surface area contributed by atoms with Gasteiger partial charge in [0.1, 0.15) is 12.2 Å². The Kier molecular flexibility index (Phi) is 12.7. The van der Waals surface area contributed by atoms with Crippen molar-refractivity contribution < 1.29 is 28.7 Å². The van der Waals surface area contributed by atoms with Gasteiger partial charge in [0.15, 0.2) is 0 Å². The number of anilines is 2. The second-order valence-corrected chi connectivity index (χ2v) is 20.2. The van der Waals surface area contributed by atoms with Gasteiger partial charge in [0.25, 0.3) is 0 Å². The van der Waals surface area contributed by atoms with Gasteiger partial charge in [-0.1, -0.05) is 81.4 Å². The fourth-order valence-electron chi connectivity index (χ4n) is 8.29. The maximum Gasteiger partial charge on any atom is 0.339 e. The maximum atomic E-state index is 14.3. The molecular weight excluding hydrogens is 781 g/mol. The predicted octanol–water partition coefficient (Wildman–Crippen LogP) is 9.54. The number of carbonyl (C=O) groups excluding carboxylic acids is 4. The standard InChI is InChI=1S/C50H64N6O6/c1-27(2)25-51-31-21-37-35-19-29(53-47(59)49(5,6)7)15-17-39(35)55-43(37)41(23-31)61-45(57)33-13-11-12-14-34(33)46(58)62-42-24-32(52-26-28(3)4)22-38-36-20-30(54-48(60)50(8,9)10)16-18-40(36)56-44(38)42/h11-20,27-28,31-32,41-42,51-52,55-56H,21-26H2,1-10H3,(H,53,59)(H,54,60). The molecule has 3 aromatic carbocycles. The minimum Gasteiger partial charge on any atom is -0.452 e. The first kappa shape index (κ1) is 44.6. The zero-order chi connectivity index (χ0) is 44.7. The third-order valence-electron chi connectivity index (χ3n) is 11.8. The molecule has 0 spiro atoms. The van der Waals surface area contributed by atoms with Crippen LogP contribution in [0.4, 0.5) is 11.4 Å². The maximum absolute atomic E-state index is 14.3. The van der Waals surface area contributed by atoms with E-state index >= 15 is 0 Å². The highest BCUT2D eigenvalue weighted by Crippen LogP contribution is 2.41. The van der Waals surface area contributed by atoms with Crippen molar-refractivity contribution in [3.05, 3.63) is 94.3 Å². The number of esters is 2. The Morgan fingerprint density at radius 3 is 1.35 bits per heavy atom. The molecule has 12 heteroatoms. The van der Waals surface area contributed by atoms with E-state index in [1.54, 1.807) is 24.3 Å². The fraction of sp³-hybridized carbons (Fsp3) is 0.480. The summed E-state index contributed by atoms with van der Waals surface area (Å²) in [6.45, 7) is 21.5. The van der Waals surface area contributed by atoms with Gasteiger partial charge in [0.05, 0.1) is 22.5 Å². The van der Waals surface area contributed by atoms with Crippen LogP contribution in [0.2, 0.25) is 0 Å². The van der Waals surface area contributed by atoms with Crippen molar-refractivity contribution in [1.82, 2.24) is 20.6 Å². The van der Waals surface area contributed by atoms with Crippen LogP contribution in [-0.4, -0.2) is 58.9 Å². The van der Waals surface area contributed by atoms with Gasteiger partial charge in [0, 0.05) is 68.9 Å². The molecule has 7 rings (SSSR count). The van der Waals surface area contributed by atoms with Crippen molar-refractivity contribution in [2.75, 3.05) is 23.7 Å². The average Bonchev–Trinajstić information content (AvgIpc) is 3.76. The number of fused-ring (bicyclic) bond motifs is 6. The monoisotopic (exact) mass is 844 g/mol. The summed E-state index contributed by atoms with van der Waals surface area (Å²) in [7, 11) is 0. The molecule has 12 nitrogen and oxygen atoms in total. The summed E-state index contributed by atoms with van der Waals surface area (Å²) >= 11 is 0. The van der Waals surface area contributed by atoms with Gasteiger partial charge in [-0.05, 0) is 97.4 Å². The lowest BCUT2D eigenvalue weighted by molar-refractivity contribution is -0.123. The van der Waals surface area contributed by atoms with E-state index < -0.39 is 35.0 Å². The fourth-order valence-corrected chi connectivity index (χ4v) is 8.29. The Morgan fingerprint density at radius 1 is 0.613 bits per heavy atom. The van der Waals surface area contributed by atoms with E-state index in [0.29, 0.717) is 48.9 Å². The van der Waals surface area contributed by atoms with Crippen LogP contribution in [0.5, 0.6) is 0 Å². The van der Waals surface area contributed by atoms with Crippen LogP contribution in [0.3, 0.4) is 0 Å². The predicted molar refractivity (Wildman–Crippen MR) is 245 cm³/mol. The molecule has 0 bridgehead atoms. The van der Waals surface area contributed by atoms with Crippen LogP contribution in [0.25, 0.3) is 21.8 Å². The third kappa shape index (κ3) is 9.92. The number of nitrogens with one attached hydrogen (secondary N) is 6. The van der Waals surface area contributed by atoms with Gasteiger partial charge in [-0.2, -0.15) is 0 Å². The van der Waals surface area contributed by atoms with Gasteiger partial charge < -0.3 is 40.7 Å².